The quantitative estimate of drug-likeness (QED) is 0.551. The van der Waals surface area contributed by atoms with Gasteiger partial charge in [0.2, 0.25) is 0 Å². The summed E-state index contributed by atoms with van der Waals surface area (Å²) in [5.41, 5.74) is 0.559. The Morgan fingerprint density at radius 3 is 1.87 bits per heavy atom. The molecule has 0 unspecified atom stereocenters. The highest BCUT2D eigenvalue weighted by Crippen LogP contribution is 2.28. The molecule has 0 aromatic carbocycles. The standard InChI is InChI=1S/C14H31N/c1-6-9-11-14(4,5)12-10-13-15(7-2)8-3/h6-13H2,1-5H3. The third-order valence-corrected chi connectivity index (χ3v) is 3.43. The first-order valence-corrected chi connectivity index (χ1v) is 6.78. The molecule has 15 heavy (non-hydrogen) atoms. The molecular formula is C14H31N. The predicted molar refractivity (Wildman–Crippen MR) is 70.3 cm³/mol. The fourth-order valence-corrected chi connectivity index (χ4v) is 2.10. The third kappa shape index (κ3) is 7.84. The average Bonchev–Trinajstić information content (AvgIpc) is 2.22. The lowest BCUT2D eigenvalue weighted by Crippen LogP contribution is -2.25. The molecule has 0 atom stereocenters. The van der Waals surface area contributed by atoms with Crippen molar-refractivity contribution in [2.75, 3.05) is 19.6 Å². The van der Waals surface area contributed by atoms with Crippen molar-refractivity contribution in [3.05, 3.63) is 0 Å². The van der Waals surface area contributed by atoms with E-state index in [0.29, 0.717) is 5.41 Å². The van der Waals surface area contributed by atoms with E-state index < -0.39 is 0 Å². The van der Waals surface area contributed by atoms with Gasteiger partial charge in [0.1, 0.15) is 0 Å². The van der Waals surface area contributed by atoms with E-state index >= 15 is 0 Å². The molecular weight excluding hydrogens is 182 g/mol. The van der Waals surface area contributed by atoms with Crippen LogP contribution >= 0.6 is 0 Å². The van der Waals surface area contributed by atoms with Crippen LogP contribution in [0.25, 0.3) is 0 Å². The third-order valence-electron chi connectivity index (χ3n) is 3.43. The first-order valence-electron chi connectivity index (χ1n) is 6.78. The first-order chi connectivity index (χ1) is 7.05. The highest BCUT2D eigenvalue weighted by Gasteiger charge is 2.16. The minimum atomic E-state index is 0.559. The summed E-state index contributed by atoms with van der Waals surface area (Å²) in [6.45, 7) is 15.3. The van der Waals surface area contributed by atoms with Gasteiger partial charge in [-0.25, -0.2) is 0 Å². The van der Waals surface area contributed by atoms with Crippen LogP contribution in [0.3, 0.4) is 0 Å². The van der Waals surface area contributed by atoms with E-state index in [-0.39, 0.29) is 0 Å². The molecule has 0 aromatic rings. The second-order valence-electron chi connectivity index (χ2n) is 5.40. The van der Waals surface area contributed by atoms with Gasteiger partial charge >= 0.3 is 0 Å². The summed E-state index contributed by atoms with van der Waals surface area (Å²) >= 11 is 0. The number of hydrogen-bond acceptors (Lipinski definition) is 1. The zero-order chi connectivity index (χ0) is 11.7. The molecule has 0 rings (SSSR count). The minimum Gasteiger partial charge on any atom is -0.304 e. The van der Waals surface area contributed by atoms with Crippen LogP contribution in [0.5, 0.6) is 0 Å². The van der Waals surface area contributed by atoms with E-state index in [9.17, 15) is 0 Å². The van der Waals surface area contributed by atoms with Crippen LogP contribution < -0.4 is 0 Å². The Labute approximate surface area is 97.2 Å². The molecule has 0 aliphatic heterocycles. The molecule has 0 aliphatic rings. The molecule has 1 heteroatoms. The number of hydrogen-bond donors (Lipinski definition) is 0. The topological polar surface area (TPSA) is 3.24 Å². The van der Waals surface area contributed by atoms with Gasteiger partial charge in [-0.2, -0.15) is 0 Å². The Morgan fingerprint density at radius 1 is 0.867 bits per heavy atom. The Balaban J connectivity index is 3.63. The van der Waals surface area contributed by atoms with Gasteiger partial charge in [-0.1, -0.05) is 47.5 Å². The highest BCUT2D eigenvalue weighted by atomic mass is 15.1. The van der Waals surface area contributed by atoms with Crippen molar-refractivity contribution in [2.24, 2.45) is 5.41 Å². The summed E-state index contributed by atoms with van der Waals surface area (Å²) in [7, 11) is 0. The van der Waals surface area contributed by atoms with Crippen LogP contribution in [0.4, 0.5) is 0 Å². The van der Waals surface area contributed by atoms with Gasteiger partial charge in [0.15, 0.2) is 0 Å². The van der Waals surface area contributed by atoms with Crippen LogP contribution in [0.1, 0.15) is 66.7 Å². The van der Waals surface area contributed by atoms with E-state index in [0.717, 1.165) is 0 Å². The van der Waals surface area contributed by atoms with Crippen molar-refractivity contribution in [2.45, 2.75) is 66.7 Å². The molecule has 0 fully saturated rings. The van der Waals surface area contributed by atoms with E-state index in [4.69, 9.17) is 0 Å². The van der Waals surface area contributed by atoms with Gasteiger partial charge in [-0.05, 0) is 44.3 Å². The van der Waals surface area contributed by atoms with E-state index in [1.54, 1.807) is 0 Å². The SMILES string of the molecule is CCCCC(C)(C)CCCN(CC)CC. The van der Waals surface area contributed by atoms with Gasteiger partial charge < -0.3 is 4.90 Å². The smallest absolute Gasteiger partial charge is 0.00188 e. The normalized spacial score (nSPS) is 12.4. The van der Waals surface area contributed by atoms with E-state index in [1.165, 1.54) is 51.7 Å². The molecule has 0 spiro atoms. The maximum absolute atomic E-state index is 2.52. The van der Waals surface area contributed by atoms with Gasteiger partial charge in [-0.15, -0.1) is 0 Å². The summed E-state index contributed by atoms with van der Waals surface area (Å²) in [6, 6.07) is 0. The lowest BCUT2D eigenvalue weighted by Gasteiger charge is -2.26. The summed E-state index contributed by atoms with van der Waals surface area (Å²) in [6.07, 6.45) is 6.85. The molecule has 0 saturated carbocycles. The number of nitrogens with zero attached hydrogens (tertiary/aromatic N) is 1. The first kappa shape index (κ1) is 15.0. The molecule has 0 bridgehead atoms. The summed E-state index contributed by atoms with van der Waals surface area (Å²) in [4.78, 5) is 2.52. The molecule has 1 nitrogen and oxygen atoms in total. The molecule has 0 radical (unpaired) electrons. The second kappa shape index (κ2) is 8.15. The zero-order valence-electron chi connectivity index (χ0n) is 11.6. The van der Waals surface area contributed by atoms with Gasteiger partial charge in [0, 0.05) is 0 Å². The molecule has 92 valence electrons. The number of rotatable bonds is 9. The van der Waals surface area contributed by atoms with E-state index in [2.05, 4.69) is 39.5 Å². The highest BCUT2D eigenvalue weighted by molar-refractivity contribution is 4.69. The number of unbranched alkanes of at least 4 members (excludes halogenated alkanes) is 1. The molecule has 0 aromatic heterocycles. The summed E-state index contributed by atoms with van der Waals surface area (Å²) in [5.74, 6) is 0. The van der Waals surface area contributed by atoms with Gasteiger partial charge in [-0.3, -0.25) is 0 Å². The molecule has 0 aliphatic carbocycles. The van der Waals surface area contributed by atoms with Crippen molar-refractivity contribution in [3.8, 4) is 0 Å². The minimum absolute atomic E-state index is 0.559. The fraction of sp³-hybridized carbons (Fsp3) is 1.00. The fourth-order valence-electron chi connectivity index (χ4n) is 2.10. The second-order valence-corrected chi connectivity index (χ2v) is 5.40. The van der Waals surface area contributed by atoms with Gasteiger partial charge in [0.05, 0.1) is 0 Å². The van der Waals surface area contributed by atoms with Gasteiger partial charge in [0.25, 0.3) is 0 Å². The lowest BCUT2D eigenvalue weighted by atomic mass is 9.83. The average molecular weight is 213 g/mol. The van der Waals surface area contributed by atoms with Crippen LogP contribution in [0, 0.1) is 5.41 Å². The van der Waals surface area contributed by atoms with Crippen molar-refractivity contribution >= 4 is 0 Å². The predicted octanol–water partition coefficient (Wildman–Crippen LogP) is 4.32. The monoisotopic (exact) mass is 213 g/mol. The van der Waals surface area contributed by atoms with Crippen LogP contribution in [0.2, 0.25) is 0 Å². The zero-order valence-corrected chi connectivity index (χ0v) is 11.6. The molecule has 0 N–H and O–H groups in total. The molecule has 0 heterocycles. The summed E-state index contributed by atoms with van der Waals surface area (Å²) < 4.78 is 0. The van der Waals surface area contributed by atoms with Crippen molar-refractivity contribution < 1.29 is 0 Å². The Bertz CT molecular complexity index is 136. The summed E-state index contributed by atoms with van der Waals surface area (Å²) in [5, 5.41) is 0. The van der Waals surface area contributed by atoms with Crippen molar-refractivity contribution in [1.82, 2.24) is 4.90 Å². The van der Waals surface area contributed by atoms with Crippen LogP contribution in [0.15, 0.2) is 0 Å². The van der Waals surface area contributed by atoms with Crippen molar-refractivity contribution in [1.29, 1.82) is 0 Å². The maximum atomic E-state index is 2.52. The Hall–Kier alpha value is -0.0400. The molecule has 0 amide bonds. The maximum Gasteiger partial charge on any atom is -0.00188 e. The Kier molecular flexibility index (Phi) is 8.13. The lowest BCUT2D eigenvalue weighted by molar-refractivity contribution is 0.244. The molecule has 0 saturated heterocycles. The Morgan fingerprint density at radius 2 is 1.40 bits per heavy atom. The van der Waals surface area contributed by atoms with E-state index in [1.807, 2.05) is 0 Å². The van der Waals surface area contributed by atoms with Crippen LogP contribution in [-0.4, -0.2) is 24.5 Å². The van der Waals surface area contributed by atoms with Crippen LogP contribution in [-0.2, 0) is 0 Å². The largest absolute Gasteiger partial charge is 0.304 e. The van der Waals surface area contributed by atoms with Crippen molar-refractivity contribution in [3.63, 3.8) is 0 Å².